The normalized spacial score (nSPS) is 28.3. The Morgan fingerprint density at radius 1 is 1.48 bits per heavy atom. The van der Waals surface area contributed by atoms with E-state index in [-0.39, 0.29) is 12.1 Å². The molecule has 1 fully saturated rings. The number of hydrogen-bond donors (Lipinski definition) is 1. The van der Waals surface area contributed by atoms with Crippen molar-refractivity contribution in [3.05, 3.63) is 18.0 Å². The summed E-state index contributed by atoms with van der Waals surface area (Å²) in [5.41, 5.74) is 7.78. The molecule has 0 radical (unpaired) electrons. The van der Waals surface area contributed by atoms with Crippen molar-refractivity contribution < 1.29 is 4.74 Å². The molecule has 4 heteroatoms. The molecule has 0 amide bonds. The first kappa shape index (κ1) is 16.5. The highest BCUT2D eigenvalue weighted by molar-refractivity contribution is 5.11. The van der Waals surface area contributed by atoms with Crippen LogP contribution in [0.2, 0.25) is 0 Å². The molecule has 2 N–H and O–H groups in total. The lowest BCUT2D eigenvalue weighted by Gasteiger charge is -2.40. The Balaban J connectivity index is 2.11. The highest BCUT2D eigenvalue weighted by atomic mass is 16.5. The Morgan fingerprint density at radius 2 is 2.19 bits per heavy atom. The SMILES string of the molecule is CCC(N)C(OC1CC(C)CC(C)(C)C1)c1cnn(C)c1. The van der Waals surface area contributed by atoms with Gasteiger partial charge in [0.2, 0.25) is 0 Å². The molecule has 0 aromatic carbocycles. The predicted octanol–water partition coefficient (Wildman–Crippen LogP) is 3.43. The molecule has 4 atom stereocenters. The fourth-order valence-corrected chi connectivity index (χ4v) is 3.80. The second kappa shape index (κ2) is 6.49. The zero-order valence-electron chi connectivity index (χ0n) is 14.2. The van der Waals surface area contributed by atoms with Crippen LogP contribution in [0.25, 0.3) is 0 Å². The number of aryl methyl sites for hydroxylation is 1. The van der Waals surface area contributed by atoms with Gasteiger partial charge in [0, 0.05) is 24.8 Å². The minimum absolute atomic E-state index is 0.0227. The summed E-state index contributed by atoms with van der Waals surface area (Å²) in [5.74, 6) is 0.714. The van der Waals surface area contributed by atoms with E-state index in [0.29, 0.717) is 17.4 Å². The molecule has 2 rings (SSSR count). The third-order valence-electron chi connectivity index (χ3n) is 4.60. The summed E-state index contributed by atoms with van der Waals surface area (Å²) < 4.78 is 8.29. The number of nitrogens with two attached hydrogens (primary N) is 1. The molecule has 21 heavy (non-hydrogen) atoms. The van der Waals surface area contributed by atoms with Gasteiger partial charge in [-0.25, -0.2) is 0 Å². The number of rotatable bonds is 5. The van der Waals surface area contributed by atoms with Crippen LogP contribution >= 0.6 is 0 Å². The fourth-order valence-electron chi connectivity index (χ4n) is 3.80. The van der Waals surface area contributed by atoms with E-state index in [1.807, 2.05) is 24.1 Å². The average molecular weight is 293 g/mol. The second-order valence-corrected chi connectivity index (χ2v) is 7.61. The van der Waals surface area contributed by atoms with E-state index in [2.05, 4.69) is 32.8 Å². The van der Waals surface area contributed by atoms with Crippen molar-refractivity contribution in [2.24, 2.45) is 24.1 Å². The summed E-state index contributed by atoms with van der Waals surface area (Å²) in [6.07, 6.45) is 8.60. The summed E-state index contributed by atoms with van der Waals surface area (Å²) in [6, 6.07) is 0.0227. The van der Waals surface area contributed by atoms with Gasteiger partial charge in [-0.15, -0.1) is 0 Å². The molecule has 4 nitrogen and oxygen atoms in total. The summed E-state index contributed by atoms with van der Waals surface area (Å²) in [4.78, 5) is 0. The van der Waals surface area contributed by atoms with Crippen molar-refractivity contribution in [2.75, 3.05) is 0 Å². The van der Waals surface area contributed by atoms with E-state index in [1.54, 1.807) is 0 Å². The molecule has 1 saturated carbocycles. The van der Waals surface area contributed by atoms with Gasteiger partial charge >= 0.3 is 0 Å². The Kier molecular flexibility index (Phi) is 5.10. The summed E-state index contributed by atoms with van der Waals surface area (Å²) in [5, 5.41) is 4.27. The Hall–Kier alpha value is -0.870. The maximum Gasteiger partial charge on any atom is 0.101 e. The van der Waals surface area contributed by atoms with E-state index in [9.17, 15) is 0 Å². The Bertz CT molecular complexity index is 455. The van der Waals surface area contributed by atoms with Gasteiger partial charge in [-0.2, -0.15) is 5.10 Å². The summed E-state index contributed by atoms with van der Waals surface area (Å²) in [7, 11) is 1.93. The quantitative estimate of drug-likeness (QED) is 0.905. The first-order valence-corrected chi connectivity index (χ1v) is 8.20. The van der Waals surface area contributed by atoms with E-state index in [4.69, 9.17) is 10.5 Å². The smallest absolute Gasteiger partial charge is 0.101 e. The molecule has 1 aromatic heterocycles. The molecule has 0 bridgehead atoms. The average Bonchev–Trinajstić information content (AvgIpc) is 2.79. The van der Waals surface area contributed by atoms with Gasteiger partial charge in [-0.05, 0) is 37.0 Å². The van der Waals surface area contributed by atoms with Crippen LogP contribution in [0.4, 0.5) is 0 Å². The third-order valence-corrected chi connectivity index (χ3v) is 4.60. The van der Waals surface area contributed by atoms with Crippen LogP contribution < -0.4 is 5.73 Å². The largest absolute Gasteiger partial charge is 0.369 e. The Labute approximate surface area is 129 Å². The lowest BCUT2D eigenvalue weighted by atomic mass is 9.71. The number of nitrogens with zero attached hydrogens (tertiary/aromatic N) is 2. The zero-order chi connectivity index (χ0) is 15.6. The minimum atomic E-state index is -0.0465. The van der Waals surface area contributed by atoms with Gasteiger partial charge in [-0.3, -0.25) is 4.68 Å². The molecule has 1 aliphatic carbocycles. The Morgan fingerprint density at radius 3 is 2.71 bits per heavy atom. The van der Waals surface area contributed by atoms with Gasteiger partial charge in [0.25, 0.3) is 0 Å². The van der Waals surface area contributed by atoms with Crippen LogP contribution in [0.3, 0.4) is 0 Å². The summed E-state index contributed by atoms with van der Waals surface area (Å²) in [6.45, 7) is 9.14. The molecular weight excluding hydrogens is 262 g/mol. The van der Waals surface area contributed by atoms with E-state index in [0.717, 1.165) is 24.8 Å². The molecule has 0 saturated heterocycles. The van der Waals surface area contributed by atoms with Crippen LogP contribution in [0.15, 0.2) is 12.4 Å². The van der Waals surface area contributed by atoms with Crippen molar-refractivity contribution in [3.63, 3.8) is 0 Å². The van der Waals surface area contributed by atoms with Crippen molar-refractivity contribution in [2.45, 2.75) is 71.6 Å². The van der Waals surface area contributed by atoms with Gasteiger partial charge in [0.05, 0.1) is 12.3 Å². The zero-order valence-corrected chi connectivity index (χ0v) is 14.2. The van der Waals surface area contributed by atoms with Crippen LogP contribution in [0.1, 0.15) is 65.0 Å². The lowest BCUT2D eigenvalue weighted by molar-refractivity contribution is -0.0760. The first-order valence-electron chi connectivity index (χ1n) is 8.20. The third kappa shape index (κ3) is 4.30. The molecule has 0 aliphatic heterocycles. The van der Waals surface area contributed by atoms with Gasteiger partial charge in [-0.1, -0.05) is 27.7 Å². The number of aromatic nitrogens is 2. The molecule has 1 aromatic rings. The first-order chi connectivity index (χ1) is 9.80. The molecule has 1 aliphatic rings. The summed E-state index contributed by atoms with van der Waals surface area (Å²) >= 11 is 0. The highest BCUT2D eigenvalue weighted by Gasteiger charge is 2.35. The maximum atomic E-state index is 6.47. The van der Waals surface area contributed by atoms with Crippen LogP contribution in [0.5, 0.6) is 0 Å². The van der Waals surface area contributed by atoms with Crippen LogP contribution in [0, 0.1) is 11.3 Å². The molecule has 4 unspecified atom stereocenters. The highest BCUT2D eigenvalue weighted by Crippen LogP contribution is 2.41. The topological polar surface area (TPSA) is 53.1 Å². The second-order valence-electron chi connectivity index (χ2n) is 7.61. The van der Waals surface area contributed by atoms with E-state index in [1.165, 1.54) is 6.42 Å². The van der Waals surface area contributed by atoms with E-state index >= 15 is 0 Å². The van der Waals surface area contributed by atoms with Gasteiger partial charge < -0.3 is 10.5 Å². The lowest BCUT2D eigenvalue weighted by Crippen LogP contribution is -2.37. The van der Waals surface area contributed by atoms with E-state index < -0.39 is 0 Å². The molecular formula is C17H31N3O. The van der Waals surface area contributed by atoms with Crippen LogP contribution in [-0.4, -0.2) is 21.9 Å². The monoisotopic (exact) mass is 293 g/mol. The molecule has 120 valence electrons. The number of hydrogen-bond acceptors (Lipinski definition) is 3. The van der Waals surface area contributed by atoms with Crippen molar-refractivity contribution in [3.8, 4) is 0 Å². The van der Waals surface area contributed by atoms with Gasteiger partial charge in [0.15, 0.2) is 0 Å². The maximum absolute atomic E-state index is 6.47. The molecule has 1 heterocycles. The predicted molar refractivity (Wildman–Crippen MR) is 85.9 cm³/mol. The molecule has 0 spiro atoms. The standard InChI is InChI=1S/C17H31N3O/c1-6-15(18)16(13-10-19-20(5)11-13)21-14-7-12(2)8-17(3,4)9-14/h10-12,14-16H,6-9,18H2,1-5H3. The van der Waals surface area contributed by atoms with Crippen molar-refractivity contribution >= 4 is 0 Å². The van der Waals surface area contributed by atoms with Crippen molar-refractivity contribution in [1.29, 1.82) is 0 Å². The van der Waals surface area contributed by atoms with Crippen molar-refractivity contribution in [1.82, 2.24) is 9.78 Å². The van der Waals surface area contributed by atoms with Crippen LogP contribution in [-0.2, 0) is 11.8 Å². The fraction of sp³-hybridized carbons (Fsp3) is 0.824. The minimum Gasteiger partial charge on any atom is -0.369 e. The number of ether oxygens (including phenoxy) is 1. The van der Waals surface area contributed by atoms with Gasteiger partial charge in [0.1, 0.15) is 6.10 Å².